The van der Waals surface area contributed by atoms with Crippen LogP contribution in [0.2, 0.25) is 0 Å². The van der Waals surface area contributed by atoms with Crippen molar-refractivity contribution < 1.29 is 14.3 Å². The maximum Gasteiger partial charge on any atom is 0.265 e. The highest BCUT2D eigenvalue weighted by Gasteiger charge is 2.27. The number of carbonyl (C=O) groups excluding carboxylic acids is 2. The van der Waals surface area contributed by atoms with Gasteiger partial charge < -0.3 is 14.5 Å². The zero-order chi connectivity index (χ0) is 17.9. The van der Waals surface area contributed by atoms with E-state index in [1.54, 1.807) is 23.1 Å². The molecule has 2 aromatic rings. The second-order valence-corrected chi connectivity index (χ2v) is 7.67. The van der Waals surface area contributed by atoms with E-state index in [0.717, 1.165) is 19.6 Å². The van der Waals surface area contributed by atoms with Gasteiger partial charge in [-0.15, -0.1) is 11.3 Å². The van der Waals surface area contributed by atoms with Crippen molar-refractivity contribution >= 4 is 28.7 Å². The second-order valence-electron chi connectivity index (χ2n) is 6.73. The molecule has 0 atom stereocenters. The van der Waals surface area contributed by atoms with E-state index in [0.29, 0.717) is 28.4 Å². The summed E-state index contributed by atoms with van der Waals surface area (Å²) in [4.78, 5) is 30.0. The average Bonchev–Trinajstić information content (AvgIpc) is 3.22. The van der Waals surface area contributed by atoms with Crippen LogP contribution in [0.5, 0.6) is 5.75 Å². The van der Waals surface area contributed by atoms with Crippen molar-refractivity contribution in [3.8, 4) is 5.75 Å². The standard InChI is InChI=1S/C20H22N2O3S/c23-19-14-25-17-7-6-15(20(24)18-5-4-12-26-18)13-16(17)22(19)11-10-21-8-2-1-3-9-21/h4-7,12-13H,1-3,8-11,14H2. The Morgan fingerprint density at radius 3 is 2.73 bits per heavy atom. The van der Waals surface area contributed by atoms with Crippen LogP contribution in [0.4, 0.5) is 5.69 Å². The highest BCUT2D eigenvalue weighted by atomic mass is 32.1. The number of rotatable bonds is 5. The molecule has 0 spiro atoms. The summed E-state index contributed by atoms with van der Waals surface area (Å²) in [6.45, 7) is 3.75. The van der Waals surface area contributed by atoms with Crippen LogP contribution < -0.4 is 9.64 Å². The molecular formula is C20H22N2O3S. The van der Waals surface area contributed by atoms with Gasteiger partial charge in [0.25, 0.3) is 5.91 Å². The molecule has 4 rings (SSSR count). The van der Waals surface area contributed by atoms with E-state index < -0.39 is 0 Å². The SMILES string of the molecule is O=C(c1ccc2c(c1)N(CCN1CCCCC1)C(=O)CO2)c1cccs1. The van der Waals surface area contributed by atoms with E-state index in [4.69, 9.17) is 4.74 Å². The predicted molar refractivity (Wildman–Crippen MR) is 102 cm³/mol. The van der Waals surface area contributed by atoms with Crippen molar-refractivity contribution in [3.63, 3.8) is 0 Å². The molecule has 2 aliphatic rings. The van der Waals surface area contributed by atoms with Crippen LogP contribution in [0.1, 0.15) is 34.5 Å². The summed E-state index contributed by atoms with van der Waals surface area (Å²) >= 11 is 1.43. The van der Waals surface area contributed by atoms with Gasteiger partial charge in [-0.3, -0.25) is 9.59 Å². The normalized spacial score (nSPS) is 17.7. The Hall–Kier alpha value is -2.18. The number of likely N-dealkylation sites (tertiary alicyclic amines) is 1. The minimum atomic E-state index is -0.0461. The molecule has 0 aliphatic carbocycles. The molecule has 1 aromatic carbocycles. The molecule has 0 saturated carbocycles. The molecule has 3 heterocycles. The van der Waals surface area contributed by atoms with Gasteiger partial charge in [-0.25, -0.2) is 0 Å². The van der Waals surface area contributed by atoms with Crippen LogP contribution in [0.3, 0.4) is 0 Å². The Labute approximate surface area is 157 Å². The van der Waals surface area contributed by atoms with E-state index in [-0.39, 0.29) is 18.3 Å². The number of ketones is 1. The number of piperidine rings is 1. The summed E-state index contributed by atoms with van der Waals surface area (Å²) in [5.41, 5.74) is 1.30. The fraction of sp³-hybridized carbons (Fsp3) is 0.400. The summed E-state index contributed by atoms with van der Waals surface area (Å²) in [7, 11) is 0. The van der Waals surface area contributed by atoms with E-state index in [1.165, 1.54) is 30.6 Å². The molecule has 1 amide bonds. The van der Waals surface area contributed by atoms with Crippen LogP contribution in [0.15, 0.2) is 35.7 Å². The third kappa shape index (κ3) is 3.52. The number of anilines is 1. The van der Waals surface area contributed by atoms with Crippen molar-refractivity contribution in [2.24, 2.45) is 0 Å². The number of carbonyl (C=O) groups is 2. The maximum atomic E-state index is 12.6. The van der Waals surface area contributed by atoms with E-state index >= 15 is 0 Å². The Morgan fingerprint density at radius 1 is 1.12 bits per heavy atom. The first kappa shape index (κ1) is 17.2. The Bertz CT molecular complexity index is 797. The molecule has 136 valence electrons. The molecule has 2 aliphatic heterocycles. The van der Waals surface area contributed by atoms with Gasteiger partial charge in [0, 0.05) is 18.7 Å². The molecule has 0 bridgehead atoms. The van der Waals surface area contributed by atoms with Gasteiger partial charge >= 0.3 is 0 Å². The van der Waals surface area contributed by atoms with E-state index in [2.05, 4.69) is 4.90 Å². The van der Waals surface area contributed by atoms with E-state index in [1.807, 2.05) is 17.5 Å². The summed E-state index contributed by atoms with van der Waals surface area (Å²) < 4.78 is 5.57. The summed E-state index contributed by atoms with van der Waals surface area (Å²) in [5.74, 6) is 0.609. The molecule has 0 unspecified atom stereocenters. The molecule has 1 fully saturated rings. The van der Waals surface area contributed by atoms with Gasteiger partial charge in [-0.2, -0.15) is 0 Å². The molecule has 6 heteroatoms. The van der Waals surface area contributed by atoms with Crippen LogP contribution in [0, 0.1) is 0 Å². The monoisotopic (exact) mass is 370 g/mol. The minimum absolute atomic E-state index is 0.0168. The van der Waals surface area contributed by atoms with Gasteiger partial charge in [-0.05, 0) is 55.6 Å². The van der Waals surface area contributed by atoms with Crippen LogP contribution in [0.25, 0.3) is 0 Å². The van der Waals surface area contributed by atoms with Crippen LogP contribution in [-0.4, -0.2) is 49.4 Å². The van der Waals surface area contributed by atoms with Crippen molar-refractivity contribution in [3.05, 3.63) is 46.2 Å². The molecule has 0 radical (unpaired) electrons. The lowest BCUT2D eigenvalue weighted by Crippen LogP contribution is -2.44. The van der Waals surface area contributed by atoms with Crippen molar-refractivity contribution in [2.75, 3.05) is 37.7 Å². The first-order chi connectivity index (χ1) is 12.7. The molecule has 5 nitrogen and oxygen atoms in total. The molecular weight excluding hydrogens is 348 g/mol. The number of nitrogens with zero attached hydrogens (tertiary/aromatic N) is 2. The number of benzene rings is 1. The van der Waals surface area contributed by atoms with Gasteiger partial charge in [0.15, 0.2) is 6.61 Å². The quantitative estimate of drug-likeness (QED) is 0.759. The van der Waals surface area contributed by atoms with Gasteiger partial charge in [0.2, 0.25) is 5.78 Å². The Kier molecular flexibility index (Phi) is 5.04. The topological polar surface area (TPSA) is 49.9 Å². The number of hydrogen-bond donors (Lipinski definition) is 0. The smallest absolute Gasteiger partial charge is 0.265 e. The lowest BCUT2D eigenvalue weighted by molar-refractivity contribution is -0.121. The molecule has 26 heavy (non-hydrogen) atoms. The zero-order valence-electron chi connectivity index (χ0n) is 14.6. The number of amides is 1. The second kappa shape index (κ2) is 7.60. The third-order valence-corrected chi connectivity index (χ3v) is 5.87. The van der Waals surface area contributed by atoms with Gasteiger partial charge in [0.05, 0.1) is 10.6 Å². The van der Waals surface area contributed by atoms with E-state index in [9.17, 15) is 9.59 Å². The number of ether oxygens (including phenoxy) is 1. The molecule has 1 aromatic heterocycles. The number of thiophene rings is 1. The maximum absolute atomic E-state index is 12.6. The highest BCUT2D eigenvalue weighted by molar-refractivity contribution is 7.12. The summed E-state index contributed by atoms with van der Waals surface area (Å²) in [6, 6.07) is 9.07. The highest BCUT2D eigenvalue weighted by Crippen LogP contribution is 2.34. The molecule has 1 saturated heterocycles. The Morgan fingerprint density at radius 2 is 1.96 bits per heavy atom. The number of hydrogen-bond acceptors (Lipinski definition) is 5. The summed E-state index contributed by atoms with van der Waals surface area (Å²) in [5, 5.41) is 1.89. The third-order valence-electron chi connectivity index (χ3n) is 5.00. The van der Waals surface area contributed by atoms with Crippen LogP contribution >= 0.6 is 11.3 Å². The minimum Gasteiger partial charge on any atom is -0.482 e. The van der Waals surface area contributed by atoms with Crippen molar-refractivity contribution in [1.82, 2.24) is 4.90 Å². The lowest BCUT2D eigenvalue weighted by Gasteiger charge is -2.33. The van der Waals surface area contributed by atoms with Crippen LogP contribution in [-0.2, 0) is 4.79 Å². The summed E-state index contributed by atoms with van der Waals surface area (Å²) in [6.07, 6.45) is 3.75. The Balaban J connectivity index is 1.56. The first-order valence-corrected chi connectivity index (χ1v) is 9.98. The zero-order valence-corrected chi connectivity index (χ0v) is 15.5. The molecule has 0 N–H and O–H groups in total. The fourth-order valence-electron chi connectivity index (χ4n) is 3.56. The first-order valence-electron chi connectivity index (χ1n) is 9.10. The largest absolute Gasteiger partial charge is 0.482 e. The average molecular weight is 370 g/mol. The lowest BCUT2D eigenvalue weighted by atomic mass is 10.1. The number of fused-ring (bicyclic) bond motifs is 1. The van der Waals surface area contributed by atoms with Gasteiger partial charge in [0.1, 0.15) is 5.75 Å². The van der Waals surface area contributed by atoms with Crippen molar-refractivity contribution in [2.45, 2.75) is 19.3 Å². The fourth-order valence-corrected chi connectivity index (χ4v) is 4.25. The predicted octanol–water partition coefficient (Wildman–Crippen LogP) is 3.19. The van der Waals surface area contributed by atoms with Crippen molar-refractivity contribution in [1.29, 1.82) is 0 Å². The van der Waals surface area contributed by atoms with Gasteiger partial charge in [-0.1, -0.05) is 12.5 Å².